The van der Waals surface area contributed by atoms with E-state index in [9.17, 15) is 9.18 Å². The van der Waals surface area contributed by atoms with Crippen LogP contribution in [0.3, 0.4) is 0 Å². The number of carbonyl (C=O) groups is 1. The molecule has 0 aliphatic heterocycles. The predicted molar refractivity (Wildman–Crippen MR) is 59.5 cm³/mol. The topological polar surface area (TPSA) is 37.3 Å². The summed E-state index contributed by atoms with van der Waals surface area (Å²) in [7, 11) is 0. The van der Waals surface area contributed by atoms with Gasteiger partial charge in [-0.1, -0.05) is 6.07 Å². The average Bonchev–Trinajstić information content (AvgIpc) is 2.15. The van der Waals surface area contributed by atoms with E-state index in [0.29, 0.717) is 5.75 Å². The molecule has 0 aromatic heterocycles. The van der Waals surface area contributed by atoms with E-state index in [1.165, 1.54) is 23.9 Å². The Balaban J connectivity index is 2.62. The van der Waals surface area contributed by atoms with Crippen molar-refractivity contribution in [3.63, 3.8) is 0 Å². The van der Waals surface area contributed by atoms with Crippen molar-refractivity contribution in [2.45, 2.75) is 24.9 Å². The van der Waals surface area contributed by atoms with Crippen molar-refractivity contribution in [3.05, 3.63) is 35.1 Å². The number of carboxylic acid groups (broad SMARTS) is 1. The van der Waals surface area contributed by atoms with Gasteiger partial charge in [0, 0.05) is 5.75 Å². The van der Waals surface area contributed by atoms with Gasteiger partial charge in [-0.25, -0.2) is 4.39 Å². The molecule has 1 unspecified atom stereocenters. The smallest absolute Gasteiger partial charge is 0.316 e. The second-order valence-corrected chi connectivity index (χ2v) is 4.69. The Labute approximate surface area is 92.5 Å². The maximum Gasteiger partial charge on any atom is 0.316 e. The van der Waals surface area contributed by atoms with E-state index in [4.69, 9.17) is 5.11 Å². The molecule has 15 heavy (non-hydrogen) atoms. The number of benzene rings is 1. The molecule has 1 rings (SSSR count). The average molecular weight is 228 g/mol. The van der Waals surface area contributed by atoms with Gasteiger partial charge < -0.3 is 5.11 Å². The molecule has 1 atom stereocenters. The Morgan fingerprint density at radius 2 is 2.27 bits per heavy atom. The number of hydrogen-bond donors (Lipinski definition) is 1. The highest BCUT2D eigenvalue weighted by Gasteiger charge is 2.11. The number of halogens is 1. The first-order chi connectivity index (χ1) is 7.00. The predicted octanol–water partition coefficient (Wildman–Crippen LogP) is 2.84. The van der Waals surface area contributed by atoms with E-state index in [1.807, 2.05) is 6.92 Å². The van der Waals surface area contributed by atoms with Crippen LogP contribution in [0.4, 0.5) is 4.39 Å². The van der Waals surface area contributed by atoms with Crippen molar-refractivity contribution in [2.24, 2.45) is 0 Å². The van der Waals surface area contributed by atoms with Gasteiger partial charge >= 0.3 is 5.97 Å². The fourth-order valence-corrected chi connectivity index (χ4v) is 2.00. The van der Waals surface area contributed by atoms with Crippen LogP contribution in [0.1, 0.15) is 18.1 Å². The zero-order valence-electron chi connectivity index (χ0n) is 8.66. The summed E-state index contributed by atoms with van der Waals surface area (Å²) in [5.41, 5.74) is 1.84. The minimum atomic E-state index is -0.820. The van der Waals surface area contributed by atoms with E-state index in [0.717, 1.165) is 11.1 Å². The molecule has 0 saturated carbocycles. The minimum absolute atomic E-state index is 0.257. The second-order valence-electron chi connectivity index (χ2n) is 3.36. The van der Waals surface area contributed by atoms with Gasteiger partial charge in [0.05, 0.1) is 5.25 Å². The van der Waals surface area contributed by atoms with E-state index in [1.54, 1.807) is 13.0 Å². The van der Waals surface area contributed by atoms with Crippen LogP contribution >= 0.6 is 11.8 Å². The third-order valence-electron chi connectivity index (χ3n) is 2.14. The number of aliphatic carboxylic acids is 1. The molecule has 0 bridgehead atoms. The minimum Gasteiger partial charge on any atom is -0.480 e. The van der Waals surface area contributed by atoms with E-state index < -0.39 is 11.2 Å². The van der Waals surface area contributed by atoms with Gasteiger partial charge in [-0.05, 0) is 37.1 Å². The Kier molecular flexibility index (Phi) is 4.15. The van der Waals surface area contributed by atoms with Gasteiger partial charge in [0.2, 0.25) is 0 Å². The summed E-state index contributed by atoms with van der Waals surface area (Å²) in [6, 6.07) is 4.56. The van der Waals surface area contributed by atoms with E-state index in [-0.39, 0.29) is 5.82 Å². The van der Waals surface area contributed by atoms with Crippen molar-refractivity contribution in [1.82, 2.24) is 0 Å². The fraction of sp³-hybridized carbons (Fsp3) is 0.364. The molecule has 0 amide bonds. The van der Waals surface area contributed by atoms with Crippen LogP contribution < -0.4 is 0 Å². The van der Waals surface area contributed by atoms with Crippen LogP contribution in [0.25, 0.3) is 0 Å². The third-order valence-corrected chi connectivity index (χ3v) is 3.32. The summed E-state index contributed by atoms with van der Waals surface area (Å²) in [6.45, 7) is 3.47. The lowest BCUT2D eigenvalue weighted by atomic mass is 10.1. The number of thioether (sulfide) groups is 1. The zero-order chi connectivity index (χ0) is 11.4. The molecule has 1 N–H and O–H groups in total. The zero-order valence-corrected chi connectivity index (χ0v) is 9.47. The van der Waals surface area contributed by atoms with Crippen molar-refractivity contribution >= 4 is 17.7 Å². The molecule has 1 aromatic carbocycles. The molecule has 0 radical (unpaired) electrons. The first-order valence-corrected chi connectivity index (χ1v) is 5.65. The van der Waals surface area contributed by atoms with E-state index in [2.05, 4.69) is 0 Å². The Hall–Kier alpha value is -1.03. The molecule has 0 heterocycles. The summed E-state index contributed by atoms with van der Waals surface area (Å²) < 4.78 is 12.8. The SMILES string of the molecule is Cc1cc(F)ccc1CSC(C)C(=O)O. The first-order valence-electron chi connectivity index (χ1n) is 4.60. The summed E-state index contributed by atoms with van der Waals surface area (Å²) in [5, 5.41) is 8.26. The summed E-state index contributed by atoms with van der Waals surface area (Å²) in [4.78, 5) is 10.6. The van der Waals surface area contributed by atoms with Crippen LogP contribution in [0, 0.1) is 12.7 Å². The summed E-state index contributed by atoms with van der Waals surface area (Å²) >= 11 is 1.34. The third kappa shape index (κ3) is 3.55. The molecule has 1 aromatic rings. The molecule has 0 saturated heterocycles. The maximum atomic E-state index is 12.8. The van der Waals surface area contributed by atoms with Crippen LogP contribution in [-0.2, 0) is 10.5 Å². The van der Waals surface area contributed by atoms with Crippen LogP contribution in [0.2, 0.25) is 0 Å². The van der Waals surface area contributed by atoms with Gasteiger partial charge in [-0.2, -0.15) is 0 Å². The monoisotopic (exact) mass is 228 g/mol. The number of aryl methyl sites for hydroxylation is 1. The molecule has 2 nitrogen and oxygen atoms in total. The molecule has 82 valence electrons. The quantitative estimate of drug-likeness (QED) is 0.861. The lowest BCUT2D eigenvalue weighted by Gasteiger charge is -2.08. The number of hydrogen-bond acceptors (Lipinski definition) is 2. The Bertz CT molecular complexity index is 366. The van der Waals surface area contributed by atoms with Crippen LogP contribution in [0.15, 0.2) is 18.2 Å². The van der Waals surface area contributed by atoms with Gasteiger partial charge in [0.15, 0.2) is 0 Å². The second kappa shape index (κ2) is 5.16. The Morgan fingerprint density at radius 1 is 1.60 bits per heavy atom. The van der Waals surface area contributed by atoms with Gasteiger partial charge in [0.25, 0.3) is 0 Å². The van der Waals surface area contributed by atoms with Crippen molar-refractivity contribution in [2.75, 3.05) is 0 Å². The number of carboxylic acids is 1. The van der Waals surface area contributed by atoms with Crippen molar-refractivity contribution < 1.29 is 14.3 Å². The van der Waals surface area contributed by atoms with Gasteiger partial charge in [0.1, 0.15) is 5.82 Å². The molecular weight excluding hydrogens is 215 g/mol. The maximum absolute atomic E-state index is 12.8. The van der Waals surface area contributed by atoms with Crippen molar-refractivity contribution in [3.8, 4) is 0 Å². The highest BCUT2D eigenvalue weighted by molar-refractivity contribution is 7.99. The molecule has 0 fully saturated rings. The molecule has 4 heteroatoms. The molecule has 0 aliphatic rings. The number of rotatable bonds is 4. The lowest BCUT2D eigenvalue weighted by Crippen LogP contribution is -2.11. The normalized spacial score (nSPS) is 12.5. The Morgan fingerprint density at radius 3 is 2.80 bits per heavy atom. The molecule has 0 spiro atoms. The highest BCUT2D eigenvalue weighted by atomic mass is 32.2. The van der Waals surface area contributed by atoms with Crippen LogP contribution in [0.5, 0.6) is 0 Å². The molecule has 0 aliphatic carbocycles. The summed E-state index contributed by atoms with van der Waals surface area (Å²) in [5.74, 6) is -0.480. The van der Waals surface area contributed by atoms with Gasteiger partial charge in [-0.3, -0.25) is 4.79 Å². The van der Waals surface area contributed by atoms with Gasteiger partial charge in [-0.15, -0.1) is 11.8 Å². The highest BCUT2D eigenvalue weighted by Crippen LogP contribution is 2.20. The largest absolute Gasteiger partial charge is 0.480 e. The summed E-state index contributed by atoms with van der Waals surface area (Å²) in [6.07, 6.45) is 0. The lowest BCUT2D eigenvalue weighted by molar-refractivity contribution is -0.136. The van der Waals surface area contributed by atoms with E-state index >= 15 is 0 Å². The van der Waals surface area contributed by atoms with Crippen LogP contribution in [-0.4, -0.2) is 16.3 Å². The van der Waals surface area contributed by atoms with Crippen molar-refractivity contribution in [1.29, 1.82) is 0 Å². The first kappa shape index (κ1) is 12.0. The fourth-order valence-electron chi connectivity index (χ4n) is 1.11. The molecular formula is C11H13FO2S. The standard InChI is InChI=1S/C11H13FO2S/c1-7-5-10(12)4-3-9(7)6-15-8(2)11(13)14/h3-5,8H,6H2,1-2H3,(H,13,14).